The Morgan fingerprint density at radius 1 is 0.484 bits per heavy atom. The van der Waals surface area contributed by atoms with Gasteiger partial charge in [-0.25, -0.2) is 9.97 Å². The maximum absolute atomic E-state index is 5.04. The molecule has 6 aromatic rings. The van der Waals surface area contributed by atoms with Crippen LogP contribution >= 0.6 is 11.3 Å². The summed E-state index contributed by atoms with van der Waals surface area (Å²) < 4.78 is 2.37. The molecule has 0 aliphatic heterocycles. The summed E-state index contributed by atoms with van der Waals surface area (Å²) in [4.78, 5) is 10.1. The fourth-order valence-electron chi connectivity index (χ4n) is 3.95. The Kier molecular flexibility index (Phi) is 4.33. The van der Waals surface area contributed by atoms with Crippen LogP contribution in [0.3, 0.4) is 0 Å². The van der Waals surface area contributed by atoms with Gasteiger partial charge in [0.25, 0.3) is 0 Å². The lowest BCUT2D eigenvalue weighted by molar-refractivity contribution is 1.24. The highest BCUT2D eigenvalue weighted by Crippen LogP contribution is 2.39. The molecule has 2 heterocycles. The average Bonchev–Trinajstić information content (AvgIpc) is 3.23. The SMILES string of the molecule is c1ccc(-c2ccc(-c3nc(-c4ccccc4)c4sc5ccccc5c4n3)cc2)cc1. The zero-order valence-electron chi connectivity index (χ0n) is 16.7. The molecule has 2 nitrogen and oxygen atoms in total. The van der Waals surface area contributed by atoms with E-state index < -0.39 is 0 Å². The lowest BCUT2D eigenvalue weighted by Crippen LogP contribution is -1.93. The molecule has 4 aromatic carbocycles. The van der Waals surface area contributed by atoms with Crippen LogP contribution in [0.2, 0.25) is 0 Å². The summed E-state index contributed by atoms with van der Waals surface area (Å²) in [5, 5.41) is 1.18. The molecule has 0 saturated heterocycles. The van der Waals surface area contributed by atoms with Crippen molar-refractivity contribution in [3.63, 3.8) is 0 Å². The second-order valence-electron chi connectivity index (χ2n) is 7.48. The predicted molar refractivity (Wildman–Crippen MR) is 131 cm³/mol. The highest BCUT2D eigenvalue weighted by Gasteiger charge is 2.16. The maximum Gasteiger partial charge on any atom is 0.160 e. The molecule has 0 N–H and O–H groups in total. The van der Waals surface area contributed by atoms with E-state index in [4.69, 9.17) is 9.97 Å². The highest BCUT2D eigenvalue weighted by atomic mass is 32.1. The zero-order chi connectivity index (χ0) is 20.6. The summed E-state index contributed by atoms with van der Waals surface area (Å²) in [7, 11) is 0. The molecule has 0 atom stereocenters. The Morgan fingerprint density at radius 2 is 1.06 bits per heavy atom. The predicted octanol–water partition coefficient (Wildman–Crippen LogP) is 7.85. The molecular weight excluding hydrogens is 396 g/mol. The van der Waals surface area contributed by atoms with E-state index in [9.17, 15) is 0 Å². The third kappa shape index (κ3) is 3.20. The number of benzene rings is 4. The van der Waals surface area contributed by atoms with Crippen LogP contribution in [0.1, 0.15) is 0 Å². The van der Waals surface area contributed by atoms with Gasteiger partial charge in [0.15, 0.2) is 5.82 Å². The minimum atomic E-state index is 0.759. The van der Waals surface area contributed by atoms with E-state index in [0.717, 1.165) is 32.9 Å². The third-order valence-electron chi connectivity index (χ3n) is 5.52. The van der Waals surface area contributed by atoms with Gasteiger partial charge in [0.1, 0.15) is 0 Å². The molecular formula is C28H18N2S. The van der Waals surface area contributed by atoms with Crippen molar-refractivity contribution in [2.75, 3.05) is 0 Å². The van der Waals surface area contributed by atoms with Crippen LogP contribution in [-0.4, -0.2) is 9.97 Å². The van der Waals surface area contributed by atoms with Crippen molar-refractivity contribution in [3.8, 4) is 33.8 Å². The standard InChI is InChI=1S/C28H18N2S/c1-3-9-19(10-4-1)20-15-17-22(18-16-20)28-29-25(21-11-5-2-6-12-21)27-26(30-28)23-13-7-8-14-24(23)31-27/h1-18H. The summed E-state index contributed by atoms with van der Waals surface area (Å²) in [5.41, 5.74) is 6.55. The van der Waals surface area contributed by atoms with Gasteiger partial charge in [-0.05, 0) is 17.2 Å². The lowest BCUT2D eigenvalue weighted by atomic mass is 10.0. The number of rotatable bonds is 3. The van der Waals surface area contributed by atoms with Crippen LogP contribution < -0.4 is 0 Å². The topological polar surface area (TPSA) is 25.8 Å². The van der Waals surface area contributed by atoms with Crippen LogP contribution in [0.15, 0.2) is 109 Å². The first-order valence-electron chi connectivity index (χ1n) is 10.3. The molecule has 0 saturated carbocycles. The summed E-state index contributed by atoms with van der Waals surface area (Å²) in [6.45, 7) is 0. The average molecular weight is 415 g/mol. The number of hydrogen-bond donors (Lipinski definition) is 0. The first-order chi connectivity index (χ1) is 15.4. The third-order valence-corrected chi connectivity index (χ3v) is 6.68. The largest absolute Gasteiger partial charge is 0.226 e. The Bertz CT molecular complexity index is 1500. The van der Waals surface area contributed by atoms with Crippen LogP contribution in [-0.2, 0) is 0 Å². The normalized spacial score (nSPS) is 11.2. The fraction of sp³-hybridized carbons (Fsp3) is 0. The van der Waals surface area contributed by atoms with Crippen LogP contribution in [0, 0.1) is 0 Å². The molecule has 0 aliphatic carbocycles. The number of thiophene rings is 1. The van der Waals surface area contributed by atoms with Gasteiger partial charge in [-0.3, -0.25) is 0 Å². The molecule has 0 bridgehead atoms. The lowest BCUT2D eigenvalue weighted by Gasteiger charge is -2.08. The first-order valence-corrected chi connectivity index (χ1v) is 11.1. The monoisotopic (exact) mass is 414 g/mol. The first kappa shape index (κ1) is 18.0. The van der Waals surface area contributed by atoms with Crippen molar-refractivity contribution in [2.45, 2.75) is 0 Å². The van der Waals surface area contributed by atoms with E-state index in [2.05, 4.69) is 97.1 Å². The smallest absolute Gasteiger partial charge is 0.160 e. The van der Waals surface area contributed by atoms with E-state index in [1.54, 1.807) is 11.3 Å². The van der Waals surface area contributed by atoms with Gasteiger partial charge in [0.2, 0.25) is 0 Å². The molecule has 3 heteroatoms. The zero-order valence-corrected chi connectivity index (χ0v) is 17.5. The number of fused-ring (bicyclic) bond motifs is 3. The Morgan fingerprint density at radius 3 is 1.81 bits per heavy atom. The summed E-state index contributed by atoms with van der Waals surface area (Å²) in [6.07, 6.45) is 0. The van der Waals surface area contributed by atoms with Crippen molar-refractivity contribution in [1.82, 2.24) is 9.97 Å². The van der Waals surface area contributed by atoms with Gasteiger partial charge >= 0.3 is 0 Å². The quantitative estimate of drug-likeness (QED) is 0.295. The van der Waals surface area contributed by atoms with Crippen LogP contribution in [0.25, 0.3) is 54.1 Å². The second kappa shape index (κ2) is 7.46. The fourth-order valence-corrected chi connectivity index (χ4v) is 5.11. The minimum absolute atomic E-state index is 0.759. The Hall–Kier alpha value is -3.82. The van der Waals surface area contributed by atoms with E-state index >= 15 is 0 Å². The molecule has 0 amide bonds. The van der Waals surface area contributed by atoms with E-state index in [1.807, 2.05) is 12.1 Å². The molecule has 0 fully saturated rings. The molecule has 31 heavy (non-hydrogen) atoms. The molecule has 0 spiro atoms. The molecule has 6 rings (SSSR count). The molecule has 146 valence electrons. The maximum atomic E-state index is 5.04. The van der Waals surface area contributed by atoms with Gasteiger partial charge in [-0.1, -0.05) is 103 Å². The summed E-state index contributed by atoms with van der Waals surface area (Å²) >= 11 is 1.76. The second-order valence-corrected chi connectivity index (χ2v) is 8.53. The van der Waals surface area contributed by atoms with Crippen molar-refractivity contribution >= 4 is 31.6 Å². The van der Waals surface area contributed by atoms with Crippen molar-refractivity contribution in [3.05, 3.63) is 109 Å². The van der Waals surface area contributed by atoms with Gasteiger partial charge in [-0.2, -0.15) is 0 Å². The summed E-state index contributed by atoms with van der Waals surface area (Å²) in [5.74, 6) is 0.759. The van der Waals surface area contributed by atoms with Crippen molar-refractivity contribution in [1.29, 1.82) is 0 Å². The van der Waals surface area contributed by atoms with Crippen molar-refractivity contribution in [2.24, 2.45) is 0 Å². The molecule has 2 aromatic heterocycles. The van der Waals surface area contributed by atoms with E-state index in [0.29, 0.717) is 0 Å². The number of nitrogens with zero attached hydrogens (tertiary/aromatic N) is 2. The van der Waals surface area contributed by atoms with Gasteiger partial charge < -0.3 is 0 Å². The van der Waals surface area contributed by atoms with Gasteiger partial charge in [0, 0.05) is 21.2 Å². The Labute approximate surface area is 184 Å². The number of hydrogen-bond acceptors (Lipinski definition) is 3. The van der Waals surface area contributed by atoms with E-state index in [-0.39, 0.29) is 0 Å². The highest BCUT2D eigenvalue weighted by molar-refractivity contribution is 7.26. The minimum Gasteiger partial charge on any atom is -0.226 e. The molecule has 0 radical (unpaired) electrons. The van der Waals surface area contributed by atoms with Crippen LogP contribution in [0.4, 0.5) is 0 Å². The van der Waals surface area contributed by atoms with Gasteiger partial charge in [0.05, 0.1) is 15.9 Å². The van der Waals surface area contributed by atoms with Crippen LogP contribution in [0.5, 0.6) is 0 Å². The van der Waals surface area contributed by atoms with E-state index in [1.165, 1.54) is 21.2 Å². The molecule has 0 unspecified atom stereocenters. The van der Waals surface area contributed by atoms with Crippen molar-refractivity contribution < 1.29 is 0 Å². The van der Waals surface area contributed by atoms with Gasteiger partial charge in [-0.15, -0.1) is 11.3 Å². The summed E-state index contributed by atoms with van der Waals surface area (Å²) in [6, 6.07) is 37.8. The number of aromatic nitrogens is 2. The molecule has 0 aliphatic rings. The Balaban J connectivity index is 1.56.